The smallest absolute Gasteiger partial charge is 0.425 e. The van der Waals surface area contributed by atoms with Crippen molar-refractivity contribution in [2.75, 3.05) is 4.90 Å². The lowest BCUT2D eigenvalue weighted by Gasteiger charge is -2.24. The normalized spacial score (nSPS) is 13.4. The van der Waals surface area contributed by atoms with E-state index in [9.17, 15) is 19.5 Å². The summed E-state index contributed by atoms with van der Waals surface area (Å²) in [5.41, 5.74) is -0.214. The molecule has 0 aromatic carbocycles. The zero-order valence-electron chi connectivity index (χ0n) is 17.7. The van der Waals surface area contributed by atoms with E-state index in [1.807, 2.05) is 0 Å². The number of aromatic nitrogens is 3. The molecule has 0 atom stereocenters. The molecule has 0 aliphatic heterocycles. The third-order valence-electron chi connectivity index (χ3n) is 4.62. The molecule has 1 aliphatic rings. The molecular formula is C22H24N4O5. The van der Waals surface area contributed by atoms with Crippen LogP contribution in [0.1, 0.15) is 45.7 Å². The summed E-state index contributed by atoms with van der Waals surface area (Å²) in [7, 11) is 0. The first kappa shape index (κ1) is 22.0. The minimum atomic E-state index is -1.60. The van der Waals surface area contributed by atoms with Gasteiger partial charge >= 0.3 is 12.2 Å². The maximum Gasteiger partial charge on any atom is 0.425 e. The van der Waals surface area contributed by atoms with Gasteiger partial charge in [0.1, 0.15) is 5.60 Å². The molecule has 162 valence electrons. The Morgan fingerprint density at radius 2 is 2.06 bits per heavy atom. The predicted octanol–water partition coefficient (Wildman–Crippen LogP) is 3.51. The number of amides is 2. The molecule has 3 rings (SSSR count). The highest BCUT2D eigenvalue weighted by Gasteiger charge is 2.32. The molecule has 0 saturated heterocycles. The summed E-state index contributed by atoms with van der Waals surface area (Å²) in [6.07, 6.45) is 9.12. The van der Waals surface area contributed by atoms with Crippen LogP contribution >= 0.6 is 0 Å². The van der Waals surface area contributed by atoms with E-state index in [0.717, 1.165) is 6.42 Å². The Hall–Kier alpha value is -3.67. The average Bonchev–Trinajstić information content (AvgIpc) is 3.50. The molecule has 1 saturated carbocycles. The van der Waals surface area contributed by atoms with Crippen LogP contribution in [-0.2, 0) is 11.3 Å². The fraction of sp³-hybridized carbons (Fsp3) is 0.409. The number of carboxylic acid groups (broad SMARTS) is 1. The monoisotopic (exact) mass is 424 g/mol. The Kier molecular flexibility index (Phi) is 6.11. The summed E-state index contributed by atoms with van der Waals surface area (Å²) < 4.78 is 6.76. The van der Waals surface area contributed by atoms with Gasteiger partial charge in [0.15, 0.2) is 11.5 Å². The van der Waals surface area contributed by atoms with Crippen molar-refractivity contribution in [2.45, 2.75) is 52.2 Å². The zero-order chi connectivity index (χ0) is 22.8. The first-order valence-corrected chi connectivity index (χ1v) is 9.89. The lowest BCUT2D eigenvalue weighted by atomic mass is 10.2. The van der Waals surface area contributed by atoms with Crippen LogP contribution in [0, 0.1) is 18.3 Å². The molecule has 31 heavy (non-hydrogen) atoms. The highest BCUT2D eigenvalue weighted by Crippen LogP contribution is 2.32. The van der Waals surface area contributed by atoms with Gasteiger partial charge in [-0.15, -0.1) is 6.42 Å². The fourth-order valence-corrected chi connectivity index (χ4v) is 2.93. The summed E-state index contributed by atoms with van der Waals surface area (Å²) in [6, 6.07) is 3.04. The molecule has 2 aromatic rings. The molecule has 1 fully saturated rings. The lowest BCUT2D eigenvalue weighted by Crippen LogP contribution is -2.41. The van der Waals surface area contributed by atoms with Crippen molar-refractivity contribution in [3.05, 3.63) is 40.6 Å². The number of imide groups is 1. The molecule has 9 heteroatoms. The summed E-state index contributed by atoms with van der Waals surface area (Å²) in [5, 5.41) is 9.53. The highest BCUT2D eigenvalue weighted by atomic mass is 16.6. The summed E-state index contributed by atoms with van der Waals surface area (Å²) in [5.74, 6) is 2.63. The van der Waals surface area contributed by atoms with Crippen molar-refractivity contribution in [1.82, 2.24) is 14.5 Å². The number of pyridine rings is 1. The standard InChI is InChI=1S/C22H24N4O5/c1-5-16-19(26(20(28)29)21(30)31-22(2,3)4)23-12-17(24-16)15-8-9-18(27)25(13-15)11-10-14-6-7-14/h1,8-9,12-14H,6-7,10-11H2,2-4H3,(H,28,29). The molecule has 1 N–H and O–H groups in total. The molecular weight excluding hydrogens is 400 g/mol. The Morgan fingerprint density at radius 3 is 2.65 bits per heavy atom. The molecule has 0 spiro atoms. The van der Waals surface area contributed by atoms with Gasteiger partial charge in [-0.2, -0.15) is 4.90 Å². The number of carbonyl (C=O) groups is 2. The minimum Gasteiger partial charge on any atom is -0.464 e. The van der Waals surface area contributed by atoms with Crippen molar-refractivity contribution in [2.24, 2.45) is 5.92 Å². The van der Waals surface area contributed by atoms with Crippen LogP contribution in [0.4, 0.5) is 15.4 Å². The number of anilines is 1. The number of rotatable bonds is 5. The van der Waals surface area contributed by atoms with Gasteiger partial charge in [-0.1, -0.05) is 12.8 Å². The van der Waals surface area contributed by atoms with Crippen molar-refractivity contribution >= 4 is 18.0 Å². The first-order valence-electron chi connectivity index (χ1n) is 9.89. The Bertz CT molecular complexity index is 1110. The molecule has 2 amide bonds. The number of nitrogens with zero attached hydrogens (tertiary/aromatic N) is 4. The molecule has 0 radical (unpaired) electrons. The molecule has 1 aliphatic carbocycles. The Morgan fingerprint density at radius 1 is 1.35 bits per heavy atom. The average molecular weight is 424 g/mol. The van der Waals surface area contributed by atoms with Gasteiger partial charge in [0, 0.05) is 24.4 Å². The van der Waals surface area contributed by atoms with E-state index >= 15 is 0 Å². The fourth-order valence-electron chi connectivity index (χ4n) is 2.93. The van der Waals surface area contributed by atoms with Gasteiger partial charge < -0.3 is 14.4 Å². The van der Waals surface area contributed by atoms with E-state index in [1.165, 1.54) is 25.1 Å². The van der Waals surface area contributed by atoms with Crippen LogP contribution in [0.15, 0.2) is 29.3 Å². The lowest BCUT2D eigenvalue weighted by molar-refractivity contribution is 0.0580. The number of hydrogen-bond donors (Lipinski definition) is 1. The summed E-state index contributed by atoms with van der Waals surface area (Å²) in [6.45, 7) is 5.44. The quantitative estimate of drug-likeness (QED) is 0.731. The Balaban J connectivity index is 1.94. The number of aryl methyl sites for hydroxylation is 1. The molecule has 0 unspecified atom stereocenters. The Labute approximate surface area is 179 Å². The number of terminal acetylenes is 1. The van der Waals surface area contributed by atoms with Crippen molar-refractivity contribution in [3.8, 4) is 23.6 Å². The van der Waals surface area contributed by atoms with Gasteiger partial charge in [0.05, 0.1) is 11.9 Å². The third-order valence-corrected chi connectivity index (χ3v) is 4.62. The maximum absolute atomic E-state index is 12.4. The molecule has 2 heterocycles. The topological polar surface area (TPSA) is 115 Å². The van der Waals surface area contributed by atoms with Crippen LogP contribution in [0.3, 0.4) is 0 Å². The van der Waals surface area contributed by atoms with E-state index in [1.54, 1.807) is 37.6 Å². The van der Waals surface area contributed by atoms with Gasteiger partial charge in [-0.05, 0) is 45.1 Å². The third kappa shape index (κ3) is 5.48. The van der Waals surface area contributed by atoms with Gasteiger partial charge in [-0.3, -0.25) is 4.79 Å². The maximum atomic E-state index is 12.4. The minimum absolute atomic E-state index is 0.117. The van der Waals surface area contributed by atoms with Crippen molar-refractivity contribution < 1.29 is 19.4 Å². The number of carbonyl (C=O) groups excluding carboxylic acids is 1. The van der Waals surface area contributed by atoms with Crippen LogP contribution in [0.5, 0.6) is 0 Å². The van der Waals surface area contributed by atoms with Crippen LogP contribution in [-0.4, -0.2) is 37.4 Å². The van der Waals surface area contributed by atoms with Crippen LogP contribution in [0.2, 0.25) is 0 Å². The van der Waals surface area contributed by atoms with Gasteiger partial charge in [-0.25, -0.2) is 19.6 Å². The van der Waals surface area contributed by atoms with E-state index in [4.69, 9.17) is 11.2 Å². The van der Waals surface area contributed by atoms with Gasteiger partial charge in [0.25, 0.3) is 5.56 Å². The SMILES string of the molecule is C#Cc1nc(-c2ccc(=O)n(CCC3CC3)c2)cnc1N(C(=O)O)C(=O)OC(C)(C)C. The number of hydrogen-bond acceptors (Lipinski definition) is 6. The zero-order valence-corrected chi connectivity index (χ0v) is 17.7. The van der Waals surface area contributed by atoms with Gasteiger partial charge in [0.2, 0.25) is 0 Å². The summed E-state index contributed by atoms with van der Waals surface area (Å²) >= 11 is 0. The van der Waals surface area contributed by atoms with E-state index in [2.05, 4.69) is 15.9 Å². The number of ether oxygens (including phenoxy) is 1. The summed E-state index contributed by atoms with van der Waals surface area (Å²) in [4.78, 5) is 44.9. The largest absolute Gasteiger partial charge is 0.464 e. The molecule has 2 aromatic heterocycles. The molecule has 9 nitrogen and oxygen atoms in total. The second-order valence-corrected chi connectivity index (χ2v) is 8.35. The predicted molar refractivity (Wildman–Crippen MR) is 114 cm³/mol. The van der Waals surface area contributed by atoms with Crippen molar-refractivity contribution in [1.29, 1.82) is 0 Å². The van der Waals surface area contributed by atoms with Crippen LogP contribution < -0.4 is 10.5 Å². The second kappa shape index (κ2) is 8.60. The van der Waals surface area contributed by atoms with E-state index in [0.29, 0.717) is 28.6 Å². The van der Waals surface area contributed by atoms with Crippen LogP contribution in [0.25, 0.3) is 11.3 Å². The second-order valence-electron chi connectivity index (χ2n) is 8.35. The van der Waals surface area contributed by atoms with Crippen molar-refractivity contribution in [3.63, 3.8) is 0 Å². The molecule has 0 bridgehead atoms. The highest BCUT2D eigenvalue weighted by molar-refractivity contribution is 6.08. The van der Waals surface area contributed by atoms with E-state index < -0.39 is 17.8 Å². The first-order chi connectivity index (χ1) is 14.6. The van der Waals surface area contributed by atoms with E-state index in [-0.39, 0.29) is 17.1 Å².